The Kier molecular flexibility index (Phi) is 12.0. The van der Waals surface area contributed by atoms with Crippen LogP contribution in [0, 0.1) is 34.6 Å². The summed E-state index contributed by atoms with van der Waals surface area (Å²) < 4.78 is 0. The van der Waals surface area contributed by atoms with Gasteiger partial charge in [0.1, 0.15) is 0 Å². The van der Waals surface area contributed by atoms with Crippen LogP contribution >= 0.6 is 0 Å². The van der Waals surface area contributed by atoms with Crippen molar-refractivity contribution < 1.29 is 0 Å². The first-order chi connectivity index (χ1) is 37.8. The highest BCUT2D eigenvalue weighted by molar-refractivity contribution is 5.94. The van der Waals surface area contributed by atoms with Crippen LogP contribution in [0.15, 0.2) is 242 Å². The van der Waals surface area contributed by atoms with Crippen molar-refractivity contribution in [1.82, 2.24) is 0 Å². The van der Waals surface area contributed by atoms with Crippen molar-refractivity contribution >= 4 is 39.7 Å². The highest BCUT2D eigenvalue weighted by atomic mass is 15.1. The maximum absolute atomic E-state index is 2.61. The highest BCUT2D eigenvalue weighted by Crippen LogP contribution is 2.61. The Hall–Kier alpha value is -8.72. The largest absolute Gasteiger partial charge is 0.311 e. The van der Waals surface area contributed by atoms with E-state index in [2.05, 4.69) is 296 Å². The van der Waals surface area contributed by atoms with Gasteiger partial charge in [-0.15, -0.1) is 0 Å². The van der Waals surface area contributed by atoms with Gasteiger partial charge in [-0.3, -0.25) is 0 Å². The zero-order chi connectivity index (χ0) is 53.5. The number of anilines is 6. The number of benzene rings is 10. The molecule has 0 radical (unpaired) electrons. The van der Waals surface area contributed by atoms with Gasteiger partial charge in [0.25, 0.3) is 0 Å². The molecule has 0 heterocycles. The van der Waals surface area contributed by atoms with Gasteiger partial charge in [0.05, 0.1) is 5.41 Å². The molecule has 78 heavy (non-hydrogen) atoms. The summed E-state index contributed by atoms with van der Waals surface area (Å²) in [5.74, 6) is 0. The van der Waals surface area contributed by atoms with Gasteiger partial charge in [-0.25, -0.2) is 0 Å². The molecular weight excluding hydrogens is 941 g/mol. The molecule has 0 bridgehead atoms. The molecule has 0 atom stereocenters. The van der Waals surface area contributed by atoms with Crippen LogP contribution < -0.4 is 9.80 Å². The van der Waals surface area contributed by atoms with Crippen LogP contribution in [0.2, 0.25) is 0 Å². The minimum absolute atomic E-state index is 0.110. The number of hydrogen-bond donors (Lipinski definition) is 0. The molecule has 2 nitrogen and oxygen atoms in total. The van der Waals surface area contributed by atoms with Gasteiger partial charge in [-0.1, -0.05) is 193 Å². The molecule has 0 saturated carbocycles. The monoisotopic (exact) mass is 1010 g/mol. The first kappa shape index (κ1) is 48.9. The molecular formula is C76H66N2. The third-order valence-electron chi connectivity index (χ3n) is 17.3. The number of aryl methyl sites for hydroxylation is 5. The van der Waals surface area contributed by atoms with E-state index in [0.717, 1.165) is 47.0 Å². The van der Waals surface area contributed by atoms with Crippen LogP contribution in [0.25, 0.3) is 39.0 Å². The van der Waals surface area contributed by atoms with Gasteiger partial charge in [-0.05, 0) is 217 Å². The lowest BCUT2D eigenvalue weighted by molar-refractivity contribution is 0.658. The summed E-state index contributed by atoms with van der Waals surface area (Å²) in [6, 6.07) is 85.0. The molecule has 0 aromatic heterocycles. The summed E-state index contributed by atoms with van der Waals surface area (Å²) in [4.78, 5) is 4.70. The summed E-state index contributed by atoms with van der Waals surface area (Å²) in [7, 11) is 0. The quantitative estimate of drug-likeness (QED) is 0.135. The normalized spacial score (nSPS) is 14.5. The van der Waals surface area contributed by atoms with Crippen molar-refractivity contribution in [2.75, 3.05) is 9.80 Å². The molecule has 3 aliphatic carbocycles. The van der Waals surface area contributed by atoms with Crippen molar-refractivity contribution in [1.29, 1.82) is 0 Å². The minimum Gasteiger partial charge on any atom is -0.311 e. The molecule has 2 heteroatoms. The predicted molar refractivity (Wildman–Crippen MR) is 331 cm³/mol. The maximum atomic E-state index is 2.61. The second-order valence-corrected chi connectivity index (χ2v) is 23.0. The summed E-state index contributed by atoms with van der Waals surface area (Å²) >= 11 is 0. The summed E-state index contributed by atoms with van der Waals surface area (Å²) in [5.41, 5.74) is 32.5. The SMILES string of the molecule is CC1=CC2=C(CC1)c1cc3c(cc1C2(c1ccc(-c2ccc(N(c4ccc(C)cc4)c4ccc(C)cc4)cc2)cc1)c1ccc(-c2ccc(N(c4ccc(C)cc4)c4ccc(C)cc4)cc2)cc1)-c1ccc(C)cc1C3(C)C. The number of fused-ring (bicyclic) bond motifs is 5. The van der Waals surface area contributed by atoms with E-state index < -0.39 is 5.41 Å². The van der Waals surface area contributed by atoms with Crippen LogP contribution in [-0.4, -0.2) is 0 Å². The Labute approximate surface area is 462 Å². The number of rotatable bonds is 10. The molecule has 3 aliphatic rings. The Balaban J connectivity index is 0.923. The third kappa shape index (κ3) is 8.25. The van der Waals surface area contributed by atoms with Gasteiger partial charge in [0.15, 0.2) is 0 Å². The average Bonchev–Trinajstić information content (AvgIpc) is 4.06. The lowest BCUT2D eigenvalue weighted by Gasteiger charge is -2.36. The zero-order valence-electron chi connectivity index (χ0n) is 46.2. The van der Waals surface area contributed by atoms with Crippen molar-refractivity contribution in [3.05, 3.63) is 303 Å². The lowest BCUT2D eigenvalue weighted by Crippen LogP contribution is -2.30. The number of nitrogens with zero attached hydrogens (tertiary/aromatic N) is 2. The molecule has 0 saturated heterocycles. The molecule has 0 amide bonds. The van der Waals surface area contributed by atoms with E-state index in [9.17, 15) is 0 Å². The highest BCUT2D eigenvalue weighted by Gasteiger charge is 2.49. The smallest absolute Gasteiger partial charge is 0.0710 e. The van der Waals surface area contributed by atoms with E-state index in [1.807, 2.05) is 0 Å². The maximum Gasteiger partial charge on any atom is 0.0710 e. The van der Waals surface area contributed by atoms with Crippen LogP contribution in [-0.2, 0) is 10.8 Å². The van der Waals surface area contributed by atoms with Gasteiger partial charge < -0.3 is 9.80 Å². The molecule has 0 fully saturated rings. The first-order valence-electron chi connectivity index (χ1n) is 27.8. The zero-order valence-corrected chi connectivity index (χ0v) is 46.2. The van der Waals surface area contributed by atoms with E-state index in [0.29, 0.717) is 0 Å². The standard InChI is InChI=1S/C76H66N2/c1-49-9-31-61(32-10-49)77(62-33-11-50(2)12-34-62)65-39-23-57(24-40-65)55-19-27-59(28-20-55)76(73-46-54(6)18-44-68(73)70-47-72-69(48-74(70)76)67-43-17-53(5)45-71(67)75(72,7)8)60-29-21-56(22-30-60)58-25-41-66(42-26-58)78(63-35-13-51(3)14-36-63)64-37-15-52(4)16-38-64/h9-17,19-43,45-48H,18,44H2,1-8H3. The molecule has 0 unspecified atom stereocenters. The molecule has 0 spiro atoms. The van der Waals surface area contributed by atoms with E-state index in [1.54, 1.807) is 0 Å². The predicted octanol–water partition coefficient (Wildman–Crippen LogP) is 20.7. The van der Waals surface area contributed by atoms with Crippen LogP contribution in [0.1, 0.15) is 94.8 Å². The molecule has 10 aromatic rings. The Morgan fingerprint density at radius 1 is 0.308 bits per heavy atom. The second kappa shape index (κ2) is 19.1. The van der Waals surface area contributed by atoms with E-state index in [4.69, 9.17) is 0 Å². The fraction of sp³-hybridized carbons (Fsp3) is 0.158. The topological polar surface area (TPSA) is 6.48 Å². The van der Waals surface area contributed by atoms with Crippen molar-refractivity contribution in [2.45, 2.75) is 79.1 Å². The molecule has 10 aromatic carbocycles. The fourth-order valence-electron chi connectivity index (χ4n) is 13.0. The second-order valence-electron chi connectivity index (χ2n) is 23.0. The van der Waals surface area contributed by atoms with E-state index in [1.165, 1.54) is 111 Å². The van der Waals surface area contributed by atoms with Gasteiger partial charge in [0.2, 0.25) is 0 Å². The van der Waals surface area contributed by atoms with Crippen LogP contribution in [0.4, 0.5) is 34.1 Å². The third-order valence-corrected chi connectivity index (χ3v) is 17.3. The van der Waals surface area contributed by atoms with Gasteiger partial charge >= 0.3 is 0 Å². The van der Waals surface area contributed by atoms with Gasteiger partial charge in [-0.2, -0.15) is 0 Å². The Morgan fingerprint density at radius 2 is 0.641 bits per heavy atom. The summed E-state index contributed by atoms with van der Waals surface area (Å²) in [6.45, 7) is 18.0. The Morgan fingerprint density at radius 3 is 1.04 bits per heavy atom. The fourth-order valence-corrected chi connectivity index (χ4v) is 13.0. The van der Waals surface area contributed by atoms with Crippen LogP contribution in [0.5, 0.6) is 0 Å². The van der Waals surface area contributed by atoms with Crippen molar-refractivity contribution in [3.8, 4) is 33.4 Å². The molecule has 0 N–H and O–H groups in total. The minimum atomic E-state index is -0.547. The average molecular weight is 1010 g/mol. The Bertz CT molecular complexity index is 3690. The molecule has 13 rings (SSSR count). The van der Waals surface area contributed by atoms with Gasteiger partial charge in [0, 0.05) is 39.5 Å². The number of allylic oxidation sites excluding steroid dienone is 4. The van der Waals surface area contributed by atoms with E-state index >= 15 is 0 Å². The molecule has 0 aliphatic heterocycles. The first-order valence-corrected chi connectivity index (χ1v) is 27.8. The van der Waals surface area contributed by atoms with E-state index in [-0.39, 0.29) is 5.41 Å². The van der Waals surface area contributed by atoms with Crippen LogP contribution in [0.3, 0.4) is 0 Å². The number of hydrogen-bond acceptors (Lipinski definition) is 2. The van der Waals surface area contributed by atoms with Crippen molar-refractivity contribution in [2.24, 2.45) is 0 Å². The summed E-state index contributed by atoms with van der Waals surface area (Å²) in [6.07, 6.45) is 4.64. The molecule has 380 valence electrons. The van der Waals surface area contributed by atoms with Crippen molar-refractivity contribution in [3.63, 3.8) is 0 Å². The summed E-state index contributed by atoms with van der Waals surface area (Å²) in [5, 5.41) is 0. The lowest BCUT2D eigenvalue weighted by atomic mass is 9.65.